The fourth-order valence-corrected chi connectivity index (χ4v) is 3.63. The third-order valence-electron chi connectivity index (χ3n) is 4.80. The van der Waals surface area contributed by atoms with Gasteiger partial charge in [0, 0.05) is 23.5 Å². The monoisotopic (exact) mass is 361 g/mol. The molecule has 2 aliphatic heterocycles. The van der Waals surface area contributed by atoms with Gasteiger partial charge in [0.05, 0.1) is 6.20 Å². The fraction of sp³-hybridized carbons (Fsp3) is 0.250. The number of hydrogen-bond donors (Lipinski definition) is 1. The van der Waals surface area contributed by atoms with E-state index in [0.717, 1.165) is 29.4 Å². The Hall–Kier alpha value is -3.35. The van der Waals surface area contributed by atoms with Crippen molar-refractivity contribution < 1.29 is 9.47 Å². The molecule has 1 N–H and O–H groups in total. The molecule has 0 bridgehead atoms. The number of fused-ring (bicyclic) bond motifs is 2. The molecule has 0 saturated carbocycles. The molecule has 0 radical (unpaired) electrons. The van der Waals surface area contributed by atoms with Crippen LogP contribution in [0.3, 0.4) is 0 Å². The Morgan fingerprint density at radius 1 is 1.07 bits per heavy atom. The average molecular weight is 361 g/mol. The molecule has 5 rings (SSSR count). The molecule has 3 heterocycles. The van der Waals surface area contributed by atoms with Crippen molar-refractivity contribution >= 4 is 23.1 Å². The highest BCUT2D eigenvalue weighted by Gasteiger charge is 2.28. The van der Waals surface area contributed by atoms with Crippen molar-refractivity contribution in [1.82, 2.24) is 15.2 Å². The number of benzene rings is 2. The number of para-hydroxylation sites is 1. The van der Waals surface area contributed by atoms with Crippen LogP contribution in [0.5, 0.6) is 11.5 Å². The predicted octanol–water partition coefficient (Wildman–Crippen LogP) is 3.47. The molecule has 1 unspecified atom stereocenters. The van der Waals surface area contributed by atoms with Gasteiger partial charge in [-0.05, 0) is 37.1 Å². The lowest BCUT2D eigenvalue weighted by Gasteiger charge is -2.23. The molecular formula is C20H19N5O2. The van der Waals surface area contributed by atoms with Gasteiger partial charge in [-0.3, -0.25) is 0 Å². The minimum atomic E-state index is 0.321. The van der Waals surface area contributed by atoms with E-state index in [0.29, 0.717) is 25.2 Å². The number of ether oxygens (including phenoxy) is 2. The summed E-state index contributed by atoms with van der Waals surface area (Å²) in [6, 6.07) is 14.4. The zero-order chi connectivity index (χ0) is 18.2. The van der Waals surface area contributed by atoms with Gasteiger partial charge in [0.1, 0.15) is 13.2 Å². The molecule has 7 nitrogen and oxygen atoms in total. The lowest BCUT2D eigenvalue weighted by atomic mass is 10.1. The van der Waals surface area contributed by atoms with E-state index in [4.69, 9.17) is 9.47 Å². The summed E-state index contributed by atoms with van der Waals surface area (Å²) in [5, 5.41) is 11.5. The summed E-state index contributed by atoms with van der Waals surface area (Å²) in [6.07, 6.45) is 2.69. The SMILES string of the molecule is CC1Cc2ccccc2N1c1cnnc(Nc2ccc3c(c2)OCCO3)n1. The van der Waals surface area contributed by atoms with Crippen LogP contribution in [0.1, 0.15) is 12.5 Å². The second-order valence-electron chi connectivity index (χ2n) is 6.67. The molecule has 0 amide bonds. The molecule has 0 spiro atoms. The van der Waals surface area contributed by atoms with Gasteiger partial charge < -0.3 is 19.7 Å². The van der Waals surface area contributed by atoms with E-state index < -0.39 is 0 Å². The topological polar surface area (TPSA) is 72.4 Å². The molecule has 0 aliphatic carbocycles. The van der Waals surface area contributed by atoms with Crippen molar-refractivity contribution in [3.05, 3.63) is 54.2 Å². The van der Waals surface area contributed by atoms with Crippen LogP contribution in [-0.2, 0) is 6.42 Å². The van der Waals surface area contributed by atoms with Crippen molar-refractivity contribution in [3.8, 4) is 11.5 Å². The largest absolute Gasteiger partial charge is 0.486 e. The Balaban J connectivity index is 1.43. The van der Waals surface area contributed by atoms with Gasteiger partial charge in [-0.15, -0.1) is 5.10 Å². The van der Waals surface area contributed by atoms with E-state index in [9.17, 15) is 0 Å². The zero-order valence-electron chi connectivity index (χ0n) is 14.9. The van der Waals surface area contributed by atoms with Crippen LogP contribution in [0.25, 0.3) is 0 Å². The van der Waals surface area contributed by atoms with E-state index in [-0.39, 0.29) is 0 Å². The molecule has 136 valence electrons. The van der Waals surface area contributed by atoms with Gasteiger partial charge in [0.25, 0.3) is 0 Å². The number of nitrogens with one attached hydrogen (secondary N) is 1. The molecule has 1 aromatic heterocycles. The Bertz CT molecular complexity index is 994. The van der Waals surface area contributed by atoms with Gasteiger partial charge >= 0.3 is 0 Å². The van der Waals surface area contributed by atoms with Crippen LogP contribution in [-0.4, -0.2) is 34.4 Å². The van der Waals surface area contributed by atoms with Crippen LogP contribution in [0.2, 0.25) is 0 Å². The maximum atomic E-state index is 5.63. The van der Waals surface area contributed by atoms with Gasteiger partial charge in [-0.1, -0.05) is 18.2 Å². The Morgan fingerprint density at radius 3 is 2.85 bits per heavy atom. The van der Waals surface area contributed by atoms with Crippen molar-refractivity contribution in [1.29, 1.82) is 0 Å². The van der Waals surface area contributed by atoms with Crippen molar-refractivity contribution in [3.63, 3.8) is 0 Å². The molecule has 2 aliphatic rings. The van der Waals surface area contributed by atoms with Gasteiger partial charge in [-0.25, -0.2) is 0 Å². The highest BCUT2D eigenvalue weighted by Crippen LogP contribution is 2.37. The van der Waals surface area contributed by atoms with Crippen LogP contribution in [0, 0.1) is 0 Å². The Kier molecular flexibility index (Phi) is 3.78. The lowest BCUT2D eigenvalue weighted by molar-refractivity contribution is 0.171. The van der Waals surface area contributed by atoms with Crippen LogP contribution < -0.4 is 19.7 Å². The predicted molar refractivity (Wildman–Crippen MR) is 102 cm³/mol. The van der Waals surface area contributed by atoms with Crippen LogP contribution in [0.4, 0.5) is 23.1 Å². The van der Waals surface area contributed by atoms with Gasteiger partial charge in [0.15, 0.2) is 17.3 Å². The summed E-state index contributed by atoms with van der Waals surface area (Å²) in [5.41, 5.74) is 3.33. The first-order valence-electron chi connectivity index (χ1n) is 9.01. The maximum Gasteiger partial charge on any atom is 0.249 e. The van der Waals surface area contributed by atoms with E-state index in [2.05, 4.69) is 50.5 Å². The van der Waals surface area contributed by atoms with Crippen LogP contribution >= 0.6 is 0 Å². The Morgan fingerprint density at radius 2 is 1.93 bits per heavy atom. The minimum absolute atomic E-state index is 0.321. The first kappa shape index (κ1) is 15.9. The van der Waals surface area contributed by atoms with Gasteiger partial charge in [-0.2, -0.15) is 10.1 Å². The zero-order valence-corrected chi connectivity index (χ0v) is 14.9. The Labute approximate surface area is 157 Å². The van der Waals surface area contributed by atoms with E-state index in [1.165, 1.54) is 11.3 Å². The first-order valence-corrected chi connectivity index (χ1v) is 9.01. The first-order chi connectivity index (χ1) is 13.3. The molecule has 3 aromatic rings. The van der Waals surface area contributed by atoms with Crippen molar-refractivity contribution in [2.75, 3.05) is 23.4 Å². The number of aromatic nitrogens is 3. The third-order valence-corrected chi connectivity index (χ3v) is 4.80. The van der Waals surface area contributed by atoms with Crippen molar-refractivity contribution in [2.24, 2.45) is 0 Å². The summed E-state index contributed by atoms with van der Waals surface area (Å²) in [4.78, 5) is 6.89. The summed E-state index contributed by atoms with van der Waals surface area (Å²) in [7, 11) is 0. The highest BCUT2D eigenvalue weighted by atomic mass is 16.6. The van der Waals surface area contributed by atoms with Crippen LogP contribution in [0.15, 0.2) is 48.7 Å². The second kappa shape index (κ2) is 6.42. The molecule has 27 heavy (non-hydrogen) atoms. The van der Waals surface area contributed by atoms with Gasteiger partial charge in [0.2, 0.25) is 5.95 Å². The molecule has 2 aromatic carbocycles. The van der Waals surface area contributed by atoms with E-state index in [1.807, 2.05) is 24.3 Å². The third kappa shape index (κ3) is 2.91. The van der Waals surface area contributed by atoms with E-state index in [1.54, 1.807) is 6.20 Å². The average Bonchev–Trinajstić information content (AvgIpc) is 3.04. The normalized spacial score (nSPS) is 17.5. The van der Waals surface area contributed by atoms with Crippen molar-refractivity contribution in [2.45, 2.75) is 19.4 Å². The quantitative estimate of drug-likeness (QED) is 0.766. The summed E-state index contributed by atoms with van der Waals surface area (Å²) < 4.78 is 11.2. The number of anilines is 4. The summed E-state index contributed by atoms with van der Waals surface area (Å²) in [6.45, 7) is 3.32. The lowest BCUT2D eigenvalue weighted by Crippen LogP contribution is -2.25. The maximum absolute atomic E-state index is 5.63. The molecule has 0 saturated heterocycles. The molecule has 1 atom stereocenters. The van der Waals surface area contributed by atoms with E-state index >= 15 is 0 Å². The summed E-state index contributed by atoms with van der Waals surface area (Å²) >= 11 is 0. The number of rotatable bonds is 3. The standard InChI is InChI=1S/C20H19N5O2/c1-13-10-14-4-2-3-5-16(14)25(13)19-12-21-24-20(23-19)22-15-6-7-17-18(11-15)27-9-8-26-17/h2-7,11-13H,8-10H2,1H3,(H,22,23,24). The molecule has 0 fully saturated rings. The highest BCUT2D eigenvalue weighted by molar-refractivity contribution is 5.69. The fourth-order valence-electron chi connectivity index (χ4n) is 3.63. The molecular weight excluding hydrogens is 342 g/mol. The molecule has 7 heteroatoms. The number of hydrogen-bond acceptors (Lipinski definition) is 7. The number of nitrogens with zero attached hydrogens (tertiary/aromatic N) is 4. The second-order valence-corrected chi connectivity index (χ2v) is 6.67. The smallest absolute Gasteiger partial charge is 0.249 e. The minimum Gasteiger partial charge on any atom is -0.486 e. The summed E-state index contributed by atoms with van der Waals surface area (Å²) in [5.74, 6) is 2.70.